The van der Waals surface area contributed by atoms with E-state index in [4.69, 9.17) is 9.26 Å². The van der Waals surface area contributed by atoms with Crippen LogP contribution in [0.15, 0.2) is 46.3 Å². The monoisotopic (exact) mass is 380 g/mol. The van der Waals surface area contributed by atoms with E-state index in [9.17, 15) is 4.79 Å². The van der Waals surface area contributed by atoms with Crippen LogP contribution in [0, 0.1) is 0 Å². The van der Waals surface area contributed by atoms with E-state index in [1.165, 1.54) is 16.8 Å². The Kier molecular flexibility index (Phi) is 3.97. The van der Waals surface area contributed by atoms with E-state index in [1.54, 1.807) is 22.2 Å². The van der Waals surface area contributed by atoms with Crippen LogP contribution in [0.25, 0.3) is 10.2 Å². The van der Waals surface area contributed by atoms with Crippen LogP contribution in [0.4, 0.5) is 0 Å². The summed E-state index contributed by atoms with van der Waals surface area (Å²) in [6.07, 6.45) is 6.05. The molecule has 0 spiro atoms. The van der Waals surface area contributed by atoms with E-state index in [2.05, 4.69) is 15.1 Å². The Hall–Kier alpha value is -3.00. The molecule has 5 rings (SSSR count). The predicted molar refractivity (Wildman–Crippen MR) is 100 cm³/mol. The van der Waals surface area contributed by atoms with Gasteiger partial charge in [0.1, 0.15) is 10.6 Å². The van der Waals surface area contributed by atoms with Crippen molar-refractivity contribution in [2.24, 2.45) is 0 Å². The fraction of sp³-hybridized carbons (Fsp3) is 0.263. The molecule has 136 valence electrons. The summed E-state index contributed by atoms with van der Waals surface area (Å²) in [5.41, 5.74) is 2.12. The van der Waals surface area contributed by atoms with Gasteiger partial charge in [0.05, 0.1) is 18.3 Å². The van der Waals surface area contributed by atoms with Crippen molar-refractivity contribution in [1.29, 1.82) is 0 Å². The highest BCUT2D eigenvalue weighted by atomic mass is 32.1. The molecule has 4 aromatic rings. The van der Waals surface area contributed by atoms with Gasteiger partial charge in [-0.1, -0.05) is 23.4 Å². The maximum atomic E-state index is 13.1. The van der Waals surface area contributed by atoms with Gasteiger partial charge in [-0.05, 0) is 30.9 Å². The SMILES string of the molecule is O=c1c2c3c(sc2ncn1Cc1ccccc1OCc1ncon1)CCC3. The topological polar surface area (TPSA) is 83.0 Å². The zero-order valence-corrected chi connectivity index (χ0v) is 15.2. The van der Waals surface area contributed by atoms with Gasteiger partial charge in [0.2, 0.25) is 12.2 Å². The Morgan fingerprint density at radius 3 is 3.04 bits per heavy atom. The van der Waals surface area contributed by atoms with Gasteiger partial charge < -0.3 is 9.26 Å². The van der Waals surface area contributed by atoms with Crippen LogP contribution in [0.1, 0.15) is 28.2 Å². The highest BCUT2D eigenvalue weighted by Crippen LogP contribution is 2.34. The maximum Gasteiger partial charge on any atom is 0.262 e. The van der Waals surface area contributed by atoms with Crippen LogP contribution in [-0.4, -0.2) is 19.7 Å². The Balaban J connectivity index is 1.47. The van der Waals surface area contributed by atoms with Gasteiger partial charge in [0.15, 0.2) is 6.61 Å². The largest absolute Gasteiger partial charge is 0.485 e. The summed E-state index contributed by atoms with van der Waals surface area (Å²) < 4.78 is 12.2. The maximum absolute atomic E-state index is 13.1. The average Bonchev–Trinajstić information content (AvgIpc) is 3.40. The second kappa shape index (κ2) is 6.62. The number of hydrogen-bond donors (Lipinski definition) is 0. The first-order chi connectivity index (χ1) is 13.3. The van der Waals surface area contributed by atoms with Crippen molar-refractivity contribution in [2.45, 2.75) is 32.4 Å². The van der Waals surface area contributed by atoms with Gasteiger partial charge >= 0.3 is 0 Å². The molecule has 7 nitrogen and oxygen atoms in total. The first kappa shape index (κ1) is 16.2. The van der Waals surface area contributed by atoms with Gasteiger partial charge in [0, 0.05) is 10.4 Å². The third-order valence-corrected chi connectivity index (χ3v) is 5.97. The Bertz CT molecular complexity index is 1160. The summed E-state index contributed by atoms with van der Waals surface area (Å²) in [5.74, 6) is 1.16. The van der Waals surface area contributed by atoms with Crippen molar-refractivity contribution in [1.82, 2.24) is 19.7 Å². The minimum Gasteiger partial charge on any atom is -0.485 e. The standard InChI is InChI=1S/C19H16N4O3S/c24-19-17-13-5-3-7-15(13)27-18(17)20-10-23(19)8-12-4-1-2-6-14(12)25-9-16-21-11-26-22-16/h1-2,4,6,10-11H,3,5,7-9H2. The Labute approximate surface area is 158 Å². The Morgan fingerprint density at radius 2 is 2.15 bits per heavy atom. The van der Waals surface area contributed by atoms with Crippen LogP contribution in [0.5, 0.6) is 5.75 Å². The first-order valence-corrected chi connectivity index (χ1v) is 9.57. The lowest BCUT2D eigenvalue weighted by Gasteiger charge is -2.11. The van der Waals surface area contributed by atoms with E-state index in [0.29, 0.717) is 18.1 Å². The fourth-order valence-corrected chi connectivity index (χ4v) is 4.71. The van der Waals surface area contributed by atoms with Gasteiger partial charge in [-0.15, -0.1) is 11.3 Å². The molecule has 0 N–H and O–H groups in total. The van der Waals surface area contributed by atoms with Crippen LogP contribution in [0.2, 0.25) is 0 Å². The van der Waals surface area contributed by atoms with Gasteiger partial charge in [0.25, 0.3) is 5.56 Å². The molecule has 0 atom stereocenters. The minimum absolute atomic E-state index is 0.0207. The van der Waals surface area contributed by atoms with Crippen LogP contribution in [-0.2, 0) is 26.0 Å². The lowest BCUT2D eigenvalue weighted by Crippen LogP contribution is -2.21. The van der Waals surface area contributed by atoms with Crippen molar-refractivity contribution < 1.29 is 9.26 Å². The molecule has 27 heavy (non-hydrogen) atoms. The molecule has 1 aliphatic rings. The summed E-state index contributed by atoms with van der Waals surface area (Å²) >= 11 is 1.65. The third kappa shape index (κ3) is 2.91. The molecule has 0 aliphatic heterocycles. The number of para-hydroxylation sites is 1. The Morgan fingerprint density at radius 1 is 1.22 bits per heavy atom. The molecule has 0 saturated carbocycles. The number of hydrogen-bond acceptors (Lipinski definition) is 7. The van der Waals surface area contributed by atoms with Crippen LogP contribution in [0.3, 0.4) is 0 Å². The normalized spacial score (nSPS) is 13.2. The van der Waals surface area contributed by atoms with E-state index in [-0.39, 0.29) is 12.2 Å². The quantitative estimate of drug-likeness (QED) is 0.529. The molecule has 0 saturated heterocycles. The highest BCUT2D eigenvalue weighted by Gasteiger charge is 2.21. The van der Waals surface area contributed by atoms with Gasteiger partial charge in [-0.25, -0.2) is 4.98 Å². The third-order valence-electron chi connectivity index (χ3n) is 4.77. The number of benzene rings is 1. The number of nitrogens with zero attached hydrogens (tertiary/aromatic N) is 4. The number of rotatable bonds is 5. The molecule has 0 amide bonds. The molecule has 1 aromatic carbocycles. The van der Waals surface area contributed by atoms with Crippen LogP contribution >= 0.6 is 11.3 Å². The molecule has 8 heteroatoms. The molecular weight excluding hydrogens is 364 g/mol. The molecule has 0 radical (unpaired) electrons. The van der Waals surface area contributed by atoms with E-state index in [1.807, 2.05) is 24.3 Å². The second-order valence-electron chi connectivity index (χ2n) is 6.46. The molecule has 0 unspecified atom stereocenters. The lowest BCUT2D eigenvalue weighted by atomic mass is 10.2. The summed E-state index contributed by atoms with van der Waals surface area (Å²) in [5, 5.41) is 4.54. The highest BCUT2D eigenvalue weighted by molar-refractivity contribution is 7.18. The van der Waals surface area contributed by atoms with Crippen molar-refractivity contribution in [2.75, 3.05) is 0 Å². The van der Waals surface area contributed by atoms with Crippen molar-refractivity contribution in [3.63, 3.8) is 0 Å². The first-order valence-electron chi connectivity index (χ1n) is 8.75. The lowest BCUT2D eigenvalue weighted by molar-refractivity contribution is 0.283. The van der Waals surface area contributed by atoms with Gasteiger partial charge in [-0.2, -0.15) is 4.98 Å². The zero-order chi connectivity index (χ0) is 18.2. The number of aryl methyl sites for hydroxylation is 2. The number of aromatic nitrogens is 4. The molecule has 0 bridgehead atoms. The summed E-state index contributed by atoms with van der Waals surface area (Å²) in [4.78, 5) is 23.7. The van der Waals surface area contributed by atoms with E-state index < -0.39 is 0 Å². The minimum atomic E-state index is 0.0207. The molecular formula is C19H16N4O3S. The van der Waals surface area contributed by atoms with Crippen LogP contribution < -0.4 is 10.3 Å². The number of thiophene rings is 1. The summed E-state index contributed by atoms with van der Waals surface area (Å²) in [6, 6.07) is 7.63. The van der Waals surface area contributed by atoms with E-state index >= 15 is 0 Å². The van der Waals surface area contributed by atoms with E-state index in [0.717, 1.165) is 35.0 Å². The molecule has 1 aliphatic carbocycles. The number of ether oxygens (including phenoxy) is 1. The van der Waals surface area contributed by atoms with Crippen molar-refractivity contribution >= 4 is 21.6 Å². The van der Waals surface area contributed by atoms with Gasteiger partial charge in [-0.3, -0.25) is 9.36 Å². The smallest absolute Gasteiger partial charge is 0.262 e. The summed E-state index contributed by atoms with van der Waals surface area (Å²) in [6.45, 7) is 0.604. The molecule has 3 heterocycles. The summed E-state index contributed by atoms with van der Waals surface area (Å²) in [7, 11) is 0. The van der Waals surface area contributed by atoms with Crippen molar-refractivity contribution in [3.8, 4) is 5.75 Å². The number of fused-ring (bicyclic) bond motifs is 3. The fourth-order valence-electron chi connectivity index (χ4n) is 3.49. The van der Waals surface area contributed by atoms with Crippen molar-refractivity contribution in [3.05, 3.63) is 69.2 Å². The zero-order valence-electron chi connectivity index (χ0n) is 14.4. The molecule has 3 aromatic heterocycles. The molecule has 0 fully saturated rings. The average molecular weight is 380 g/mol. The predicted octanol–water partition coefficient (Wildman–Crippen LogP) is 2.96. The second-order valence-corrected chi connectivity index (χ2v) is 7.54.